The van der Waals surface area contributed by atoms with E-state index in [9.17, 15) is 17.6 Å². The van der Waals surface area contributed by atoms with Crippen LogP contribution in [0.4, 0.5) is 10.1 Å². The average Bonchev–Trinajstić information content (AvgIpc) is 2.79. The lowest BCUT2D eigenvalue weighted by Crippen LogP contribution is -2.25. The maximum absolute atomic E-state index is 13.4. The van der Waals surface area contributed by atoms with Crippen LogP contribution in [0.2, 0.25) is 0 Å². The van der Waals surface area contributed by atoms with Gasteiger partial charge in [0.05, 0.1) is 23.1 Å². The van der Waals surface area contributed by atoms with Crippen molar-refractivity contribution in [2.75, 3.05) is 17.1 Å². The quantitative estimate of drug-likeness (QED) is 0.858. The fraction of sp³-hybridized carbons (Fsp3) is 0.417. The summed E-state index contributed by atoms with van der Waals surface area (Å²) in [6, 6.07) is 3.07. The van der Waals surface area contributed by atoms with Gasteiger partial charge >= 0.3 is 5.97 Å². The molecular weight excluding hydrogens is 289 g/mol. The molecule has 1 heterocycles. The van der Waals surface area contributed by atoms with E-state index in [1.165, 1.54) is 6.07 Å². The predicted molar refractivity (Wildman–Crippen MR) is 69.7 cm³/mol. The Balaban J connectivity index is 2.08. The molecule has 1 fully saturated rings. The Morgan fingerprint density at radius 1 is 1.50 bits per heavy atom. The van der Waals surface area contributed by atoms with Crippen molar-refractivity contribution in [2.24, 2.45) is 0 Å². The van der Waals surface area contributed by atoms with E-state index in [0.717, 1.165) is 18.6 Å². The zero-order valence-corrected chi connectivity index (χ0v) is 11.3. The van der Waals surface area contributed by atoms with E-state index in [1.807, 2.05) is 0 Å². The molecule has 1 unspecified atom stereocenters. The van der Waals surface area contributed by atoms with Crippen molar-refractivity contribution in [3.05, 3.63) is 29.6 Å². The Morgan fingerprint density at radius 3 is 2.80 bits per heavy atom. The smallest absolute Gasteiger partial charge is 0.338 e. The minimum Gasteiger partial charge on any atom is -0.478 e. The molecule has 2 rings (SSSR count). The highest BCUT2D eigenvalue weighted by molar-refractivity contribution is 7.92. The SMILES string of the molecule is O=C(O)c1ccc(NS(=O)(=O)CC2CCCO2)cc1F. The fourth-order valence-electron chi connectivity index (χ4n) is 1.99. The minimum absolute atomic E-state index is 0.00880. The van der Waals surface area contributed by atoms with Crippen LogP contribution >= 0.6 is 0 Å². The molecule has 1 aromatic carbocycles. The fourth-order valence-corrected chi connectivity index (χ4v) is 3.32. The number of hydrogen-bond acceptors (Lipinski definition) is 4. The third-order valence-corrected chi connectivity index (χ3v) is 4.26. The van der Waals surface area contributed by atoms with Gasteiger partial charge < -0.3 is 9.84 Å². The van der Waals surface area contributed by atoms with Crippen molar-refractivity contribution < 1.29 is 27.4 Å². The van der Waals surface area contributed by atoms with Gasteiger partial charge in [0.25, 0.3) is 0 Å². The molecule has 0 aromatic heterocycles. The number of anilines is 1. The first-order chi connectivity index (χ1) is 9.37. The molecule has 0 amide bonds. The first-order valence-electron chi connectivity index (χ1n) is 6.02. The van der Waals surface area contributed by atoms with Gasteiger partial charge in [0, 0.05) is 6.61 Å². The van der Waals surface area contributed by atoms with E-state index in [1.54, 1.807) is 0 Å². The first kappa shape index (κ1) is 14.7. The van der Waals surface area contributed by atoms with Crippen molar-refractivity contribution in [1.29, 1.82) is 0 Å². The van der Waals surface area contributed by atoms with Crippen LogP contribution in [0.3, 0.4) is 0 Å². The summed E-state index contributed by atoms with van der Waals surface area (Å²) in [7, 11) is -3.66. The molecule has 0 saturated carbocycles. The highest BCUT2D eigenvalue weighted by Crippen LogP contribution is 2.18. The lowest BCUT2D eigenvalue weighted by Gasteiger charge is -2.12. The van der Waals surface area contributed by atoms with Gasteiger partial charge in [-0.1, -0.05) is 0 Å². The number of carboxylic acids is 1. The number of carbonyl (C=O) groups is 1. The number of hydrogen-bond donors (Lipinski definition) is 2. The van der Waals surface area contributed by atoms with Crippen molar-refractivity contribution in [3.63, 3.8) is 0 Å². The molecule has 1 atom stereocenters. The number of rotatable bonds is 5. The van der Waals surface area contributed by atoms with E-state index >= 15 is 0 Å². The molecule has 0 bridgehead atoms. The van der Waals surface area contributed by atoms with Gasteiger partial charge in [0.1, 0.15) is 5.82 Å². The Morgan fingerprint density at radius 2 is 2.25 bits per heavy atom. The number of halogens is 1. The summed E-state index contributed by atoms with van der Waals surface area (Å²) in [5.41, 5.74) is -0.516. The summed E-state index contributed by atoms with van der Waals surface area (Å²) in [4.78, 5) is 10.7. The molecule has 1 aromatic rings. The largest absolute Gasteiger partial charge is 0.478 e. The minimum atomic E-state index is -3.66. The molecule has 6 nitrogen and oxygen atoms in total. The Kier molecular flexibility index (Phi) is 4.24. The Hall–Kier alpha value is -1.67. The number of benzene rings is 1. The summed E-state index contributed by atoms with van der Waals surface area (Å²) >= 11 is 0. The molecule has 2 N–H and O–H groups in total. The van der Waals surface area contributed by atoms with Crippen LogP contribution in [0.1, 0.15) is 23.2 Å². The lowest BCUT2D eigenvalue weighted by atomic mass is 10.2. The Bertz CT molecular complexity index is 610. The van der Waals surface area contributed by atoms with Crippen LogP contribution in [0, 0.1) is 5.82 Å². The second-order valence-electron chi connectivity index (χ2n) is 4.52. The summed E-state index contributed by atoms with van der Waals surface area (Å²) in [5, 5.41) is 8.68. The highest BCUT2D eigenvalue weighted by atomic mass is 32.2. The maximum atomic E-state index is 13.4. The second kappa shape index (κ2) is 5.76. The average molecular weight is 303 g/mol. The van der Waals surface area contributed by atoms with Gasteiger partial charge in [-0.3, -0.25) is 4.72 Å². The van der Waals surface area contributed by atoms with Crippen molar-refractivity contribution in [2.45, 2.75) is 18.9 Å². The van der Waals surface area contributed by atoms with Crippen LogP contribution in [0.15, 0.2) is 18.2 Å². The maximum Gasteiger partial charge on any atom is 0.338 e. The topological polar surface area (TPSA) is 92.7 Å². The molecule has 110 valence electrons. The summed E-state index contributed by atoms with van der Waals surface area (Å²) in [6.07, 6.45) is 1.14. The molecule has 0 aliphatic carbocycles. The van der Waals surface area contributed by atoms with Gasteiger partial charge in [-0.15, -0.1) is 0 Å². The zero-order chi connectivity index (χ0) is 14.8. The highest BCUT2D eigenvalue weighted by Gasteiger charge is 2.23. The van der Waals surface area contributed by atoms with E-state index in [-0.39, 0.29) is 17.5 Å². The van der Waals surface area contributed by atoms with Crippen molar-refractivity contribution >= 4 is 21.7 Å². The summed E-state index contributed by atoms with van der Waals surface area (Å²) in [6.45, 7) is 0.544. The van der Waals surface area contributed by atoms with Crippen molar-refractivity contribution in [1.82, 2.24) is 0 Å². The summed E-state index contributed by atoms with van der Waals surface area (Å²) < 4.78 is 44.6. The van der Waals surface area contributed by atoms with Crippen LogP contribution in [0.25, 0.3) is 0 Å². The molecule has 1 saturated heterocycles. The molecule has 0 spiro atoms. The molecule has 0 radical (unpaired) electrons. The van der Waals surface area contributed by atoms with E-state index in [0.29, 0.717) is 13.0 Å². The molecule has 20 heavy (non-hydrogen) atoms. The Labute approximate surface area is 115 Å². The second-order valence-corrected chi connectivity index (χ2v) is 6.29. The predicted octanol–water partition coefficient (Wildman–Crippen LogP) is 1.44. The van der Waals surface area contributed by atoms with Crippen LogP contribution in [-0.4, -0.2) is 38.0 Å². The standard InChI is InChI=1S/C12H14FNO5S/c13-11-6-8(3-4-10(11)12(15)16)14-20(17,18)7-9-2-1-5-19-9/h3-4,6,9,14H,1-2,5,7H2,(H,15,16). The molecule has 1 aliphatic heterocycles. The zero-order valence-electron chi connectivity index (χ0n) is 10.5. The van der Waals surface area contributed by atoms with E-state index in [4.69, 9.17) is 9.84 Å². The number of nitrogens with one attached hydrogen (secondary N) is 1. The first-order valence-corrected chi connectivity index (χ1v) is 7.67. The van der Waals surface area contributed by atoms with Gasteiger partial charge in [-0.2, -0.15) is 0 Å². The third kappa shape index (κ3) is 3.67. The van der Waals surface area contributed by atoms with Crippen molar-refractivity contribution in [3.8, 4) is 0 Å². The van der Waals surface area contributed by atoms with Gasteiger partial charge in [0.2, 0.25) is 10.0 Å². The molecule has 8 heteroatoms. The third-order valence-electron chi connectivity index (χ3n) is 2.90. The van der Waals surface area contributed by atoms with E-state index < -0.39 is 27.4 Å². The molecular formula is C12H14FNO5S. The summed E-state index contributed by atoms with van der Waals surface area (Å²) in [5.74, 6) is -2.60. The normalized spacial score (nSPS) is 18.9. The number of sulfonamides is 1. The van der Waals surface area contributed by atoms with E-state index in [2.05, 4.69) is 4.72 Å². The van der Waals surface area contributed by atoms with Crippen LogP contribution < -0.4 is 4.72 Å². The number of carboxylic acid groups (broad SMARTS) is 1. The van der Waals surface area contributed by atoms with Crippen LogP contribution in [0.5, 0.6) is 0 Å². The lowest BCUT2D eigenvalue weighted by molar-refractivity contribution is 0.0692. The van der Waals surface area contributed by atoms with Gasteiger partial charge in [0.15, 0.2) is 0 Å². The number of aromatic carboxylic acids is 1. The van der Waals surface area contributed by atoms with Gasteiger partial charge in [-0.25, -0.2) is 17.6 Å². The number of ether oxygens (including phenoxy) is 1. The monoisotopic (exact) mass is 303 g/mol. The van der Waals surface area contributed by atoms with Crippen LogP contribution in [-0.2, 0) is 14.8 Å². The molecule has 1 aliphatic rings. The van der Waals surface area contributed by atoms with Gasteiger partial charge in [-0.05, 0) is 31.0 Å².